The minimum absolute atomic E-state index is 0.0874. The molecule has 2 atom stereocenters. The van der Waals surface area contributed by atoms with Crippen molar-refractivity contribution in [1.82, 2.24) is 4.57 Å². The number of rotatable bonds is 6. The molecular weight excluding hydrogens is 793 g/mol. The van der Waals surface area contributed by atoms with Crippen molar-refractivity contribution < 1.29 is 4.42 Å². The Hall–Kier alpha value is -8.28. The van der Waals surface area contributed by atoms with Crippen molar-refractivity contribution in [2.75, 3.05) is 4.90 Å². The highest BCUT2D eigenvalue weighted by molar-refractivity contribution is 6.19. The topological polar surface area (TPSA) is 46.0 Å². The van der Waals surface area contributed by atoms with Crippen LogP contribution in [0.1, 0.15) is 46.8 Å². The van der Waals surface area contributed by atoms with Crippen LogP contribution >= 0.6 is 0 Å². The molecule has 0 saturated heterocycles. The van der Waals surface area contributed by atoms with Gasteiger partial charge >= 0.3 is 0 Å². The van der Waals surface area contributed by atoms with E-state index in [1.807, 2.05) is 12.1 Å². The third-order valence-electron chi connectivity index (χ3n) is 13.4. The monoisotopic (exact) mass is 834 g/mol. The smallest absolute Gasteiger partial charge is 0.165 e. The summed E-state index contributed by atoms with van der Waals surface area (Å²) in [7, 11) is 0. The summed E-state index contributed by atoms with van der Waals surface area (Å²) in [5.74, 6) is 0.0874. The van der Waals surface area contributed by atoms with E-state index in [0.29, 0.717) is 6.42 Å². The first-order valence-electron chi connectivity index (χ1n) is 22.5. The maximum atomic E-state index is 6.59. The van der Waals surface area contributed by atoms with Crippen molar-refractivity contribution in [3.8, 4) is 5.69 Å². The Balaban J connectivity index is 0.996. The average molecular weight is 835 g/mol. The zero-order valence-corrected chi connectivity index (χ0v) is 35.6. The Bertz CT molecular complexity index is 3660. The second-order valence-electron chi connectivity index (χ2n) is 17.2. The number of aromatic nitrogens is 1. The first-order valence-corrected chi connectivity index (χ1v) is 22.5. The fraction of sp³-hybridized carbons (Fsp3) is 0.0667. The molecule has 0 fully saturated rings. The van der Waals surface area contributed by atoms with Gasteiger partial charge in [0, 0.05) is 62.1 Å². The molecule has 10 aromatic rings. The highest BCUT2D eigenvalue weighted by Crippen LogP contribution is 2.48. The van der Waals surface area contributed by atoms with Crippen LogP contribution in [0.3, 0.4) is 0 Å². The number of fused-ring (bicyclic) bond motifs is 8. The number of benzene rings is 8. The fourth-order valence-corrected chi connectivity index (χ4v) is 10.3. The Kier molecular flexibility index (Phi) is 8.73. The molecule has 2 aliphatic heterocycles. The molecule has 0 bridgehead atoms. The van der Waals surface area contributed by atoms with Gasteiger partial charge in [0.2, 0.25) is 0 Å². The summed E-state index contributed by atoms with van der Waals surface area (Å²) in [6.45, 7) is 0. The van der Waals surface area contributed by atoms with Gasteiger partial charge in [0.05, 0.1) is 28.1 Å². The van der Waals surface area contributed by atoms with Crippen LogP contribution < -0.4 is 4.90 Å². The van der Waals surface area contributed by atoms with Gasteiger partial charge in [0.25, 0.3) is 0 Å². The zero-order valence-electron chi connectivity index (χ0n) is 35.6. The number of para-hydroxylation sites is 4. The molecule has 308 valence electrons. The van der Waals surface area contributed by atoms with E-state index in [1.165, 1.54) is 33.1 Å². The molecule has 4 heterocycles. The van der Waals surface area contributed by atoms with E-state index in [1.54, 1.807) is 0 Å². The molecule has 0 spiro atoms. The van der Waals surface area contributed by atoms with E-state index in [4.69, 9.17) is 14.4 Å². The molecular formula is C60H42N4O. The molecule has 3 aliphatic rings. The summed E-state index contributed by atoms with van der Waals surface area (Å²) in [6, 6.07) is 69.2. The van der Waals surface area contributed by atoms with E-state index < -0.39 is 0 Å². The summed E-state index contributed by atoms with van der Waals surface area (Å²) in [5.41, 5.74) is 17.8. The Morgan fingerprint density at radius 1 is 0.523 bits per heavy atom. The van der Waals surface area contributed by atoms with Crippen LogP contribution in [0.15, 0.2) is 232 Å². The average Bonchev–Trinajstić information content (AvgIpc) is 3.87. The molecule has 5 heteroatoms. The summed E-state index contributed by atoms with van der Waals surface area (Å²) in [5, 5.41) is 4.73. The van der Waals surface area contributed by atoms with Gasteiger partial charge in [-0.3, -0.25) is 9.98 Å². The van der Waals surface area contributed by atoms with Gasteiger partial charge in [-0.05, 0) is 83.3 Å². The van der Waals surface area contributed by atoms with Crippen molar-refractivity contribution >= 4 is 78.2 Å². The third kappa shape index (κ3) is 6.30. The Morgan fingerprint density at radius 2 is 1.20 bits per heavy atom. The number of hydrogen-bond acceptors (Lipinski definition) is 4. The second-order valence-corrected chi connectivity index (χ2v) is 17.2. The van der Waals surface area contributed by atoms with Gasteiger partial charge < -0.3 is 13.9 Å². The van der Waals surface area contributed by atoms with E-state index in [2.05, 4.69) is 216 Å². The van der Waals surface area contributed by atoms with Crippen molar-refractivity contribution in [2.24, 2.45) is 15.9 Å². The number of hydrogen-bond donors (Lipinski definition) is 0. The normalized spacial score (nSPS) is 17.1. The van der Waals surface area contributed by atoms with Gasteiger partial charge in [-0.1, -0.05) is 164 Å². The number of furan rings is 1. The van der Waals surface area contributed by atoms with Crippen molar-refractivity contribution in [2.45, 2.75) is 19.0 Å². The summed E-state index contributed by atoms with van der Waals surface area (Å²) < 4.78 is 8.99. The SMILES string of the molecule is C1=CC2CC(c3cccc4c3oc3ccccc34)=CC=C2N(c2cccc(C3=NC(c4ccccc4)N=C(c4ccccc4)C3)c2)c2cc3c4ccccc4n(-c4ccccc4)c3cc21. The summed E-state index contributed by atoms with van der Waals surface area (Å²) >= 11 is 0. The maximum Gasteiger partial charge on any atom is 0.165 e. The van der Waals surface area contributed by atoms with Crippen LogP contribution in [0.4, 0.5) is 11.4 Å². The molecule has 65 heavy (non-hydrogen) atoms. The minimum Gasteiger partial charge on any atom is -0.455 e. The van der Waals surface area contributed by atoms with Crippen LogP contribution in [0, 0.1) is 5.92 Å². The van der Waals surface area contributed by atoms with Crippen LogP contribution in [-0.2, 0) is 0 Å². The maximum absolute atomic E-state index is 6.59. The summed E-state index contributed by atoms with van der Waals surface area (Å²) in [4.78, 5) is 13.1. The van der Waals surface area contributed by atoms with Gasteiger partial charge in [-0.25, -0.2) is 0 Å². The van der Waals surface area contributed by atoms with E-state index in [9.17, 15) is 0 Å². The Labute approximate surface area is 377 Å². The largest absolute Gasteiger partial charge is 0.455 e. The standard InChI is InChI=1S/C60H42N4O/c1-4-16-39(17-5-1)52-38-53(62-60(61-52)40-18-6-2-7-19-40)42-20-14-23-46(35-42)64-54-33-32-41(47-26-15-27-50-49-25-11-13-29-58(49)65-59(47)50)34-43(54)30-31-44-36-57-51(37-56(44)64)48-24-10-12-28-55(48)63(57)45-21-8-3-9-22-45/h1-33,35-37,43,60H,34,38H2. The fourth-order valence-electron chi connectivity index (χ4n) is 10.3. The van der Waals surface area contributed by atoms with Crippen molar-refractivity contribution in [3.63, 3.8) is 0 Å². The van der Waals surface area contributed by atoms with Crippen molar-refractivity contribution in [1.29, 1.82) is 0 Å². The van der Waals surface area contributed by atoms with Gasteiger partial charge in [0.1, 0.15) is 11.2 Å². The molecule has 0 amide bonds. The lowest BCUT2D eigenvalue weighted by Crippen LogP contribution is -2.24. The molecule has 2 unspecified atom stereocenters. The lowest BCUT2D eigenvalue weighted by Gasteiger charge is -2.34. The molecule has 1 aliphatic carbocycles. The van der Waals surface area contributed by atoms with Crippen LogP contribution in [0.2, 0.25) is 0 Å². The van der Waals surface area contributed by atoms with Gasteiger partial charge in [0.15, 0.2) is 6.17 Å². The first-order chi connectivity index (χ1) is 32.2. The van der Waals surface area contributed by atoms with E-state index in [0.717, 1.165) is 84.7 Å². The first kappa shape index (κ1) is 37.3. The second kappa shape index (κ2) is 15.2. The highest BCUT2D eigenvalue weighted by Gasteiger charge is 2.31. The zero-order chi connectivity index (χ0) is 42.8. The predicted molar refractivity (Wildman–Crippen MR) is 270 cm³/mol. The lowest BCUT2D eigenvalue weighted by atomic mass is 9.86. The number of nitrogens with zero attached hydrogens (tertiary/aromatic N) is 4. The lowest BCUT2D eigenvalue weighted by molar-refractivity contribution is 0.666. The number of allylic oxidation sites excluding steroid dienone is 4. The molecule has 5 nitrogen and oxygen atoms in total. The highest BCUT2D eigenvalue weighted by atomic mass is 16.3. The molecule has 0 N–H and O–H groups in total. The molecule has 13 rings (SSSR count). The molecule has 8 aromatic carbocycles. The van der Waals surface area contributed by atoms with Crippen LogP contribution in [-0.4, -0.2) is 16.0 Å². The van der Waals surface area contributed by atoms with Gasteiger partial charge in [-0.2, -0.15) is 0 Å². The molecule has 2 aromatic heterocycles. The van der Waals surface area contributed by atoms with Crippen LogP contribution in [0.5, 0.6) is 0 Å². The molecule has 0 radical (unpaired) electrons. The van der Waals surface area contributed by atoms with E-state index in [-0.39, 0.29) is 12.1 Å². The van der Waals surface area contributed by atoms with Crippen LogP contribution in [0.25, 0.3) is 61.1 Å². The third-order valence-corrected chi connectivity index (χ3v) is 13.4. The predicted octanol–water partition coefficient (Wildman–Crippen LogP) is 15.2. The number of anilines is 2. The minimum atomic E-state index is -0.331. The van der Waals surface area contributed by atoms with Crippen molar-refractivity contribution in [3.05, 3.63) is 246 Å². The molecule has 0 saturated carbocycles. The quantitative estimate of drug-likeness (QED) is 0.167. The number of aliphatic imine (C=N–C) groups is 2. The Morgan fingerprint density at radius 3 is 2.05 bits per heavy atom. The van der Waals surface area contributed by atoms with E-state index >= 15 is 0 Å². The van der Waals surface area contributed by atoms with Gasteiger partial charge in [-0.15, -0.1) is 0 Å². The summed E-state index contributed by atoms with van der Waals surface area (Å²) in [6.07, 6.45) is 10.6.